The average molecular weight is 279 g/mol. The molecule has 0 aromatic heterocycles. The van der Waals surface area contributed by atoms with Gasteiger partial charge in [0.15, 0.2) is 0 Å². The third-order valence-electron chi connectivity index (χ3n) is 4.10. The van der Waals surface area contributed by atoms with Crippen molar-refractivity contribution in [3.63, 3.8) is 0 Å². The molecule has 0 saturated carbocycles. The SMILES string of the molecule is C=C(/C=C/N(C)C1C=CC=CC1)c1cccc(C)c1CC. The summed E-state index contributed by atoms with van der Waals surface area (Å²) in [5, 5.41) is 0. The summed E-state index contributed by atoms with van der Waals surface area (Å²) in [5.74, 6) is 0. The molecule has 0 heterocycles. The second kappa shape index (κ2) is 7.12. The molecule has 0 bridgehead atoms. The fourth-order valence-corrected chi connectivity index (χ4v) is 2.75. The van der Waals surface area contributed by atoms with E-state index in [9.17, 15) is 0 Å². The van der Waals surface area contributed by atoms with Gasteiger partial charge in [-0.2, -0.15) is 0 Å². The van der Waals surface area contributed by atoms with E-state index >= 15 is 0 Å². The molecule has 1 unspecified atom stereocenters. The molecule has 0 N–H and O–H groups in total. The topological polar surface area (TPSA) is 3.24 Å². The van der Waals surface area contributed by atoms with Crippen LogP contribution in [0.2, 0.25) is 0 Å². The van der Waals surface area contributed by atoms with Crippen molar-refractivity contribution < 1.29 is 0 Å². The van der Waals surface area contributed by atoms with Crippen LogP contribution in [0.5, 0.6) is 0 Å². The Morgan fingerprint density at radius 1 is 1.38 bits per heavy atom. The zero-order chi connectivity index (χ0) is 15.2. The number of rotatable bonds is 5. The average Bonchev–Trinajstić information content (AvgIpc) is 2.52. The van der Waals surface area contributed by atoms with E-state index in [-0.39, 0.29) is 0 Å². The molecule has 110 valence electrons. The number of hydrogen-bond acceptors (Lipinski definition) is 1. The standard InChI is InChI=1S/C20H25N/c1-5-19-16(2)10-9-13-20(19)17(3)14-15-21(4)18-11-7-6-8-12-18/h6-11,13-15,18H,3,5,12H2,1-2,4H3/b15-14+. The van der Waals surface area contributed by atoms with Crippen LogP contribution in [-0.4, -0.2) is 18.0 Å². The van der Waals surface area contributed by atoms with E-state index in [1.165, 1.54) is 16.7 Å². The molecule has 1 nitrogen and oxygen atoms in total. The Labute approximate surface area is 129 Å². The normalized spacial score (nSPS) is 17.4. The van der Waals surface area contributed by atoms with Crippen LogP contribution in [0.15, 0.2) is 61.4 Å². The summed E-state index contributed by atoms with van der Waals surface area (Å²) < 4.78 is 0. The Balaban J connectivity index is 2.11. The molecule has 1 aliphatic rings. The first kappa shape index (κ1) is 15.4. The minimum Gasteiger partial charge on any atom is -0.374 e. The van der Waals surface area contributed by atoms with Gasteiger partial charge in [0, 0.05) is 7.05 Å². The zero-order valence-electron chi connectivity index (χ0n) is 13.3. The van der Waals surface area contributed by atoms with Crippen molar-refractivity contribution in [3.05, 3.63) is 78.0 Å². The lowest BCUT2D eigenvalue weighted by molar-refractivity contribution is 0.385. The molecule has 0 aliphatic heterocycles. The highest BCUT2D eigenvalue weighted by molar-refractivity contribution is 5.74. The van der Waals surface area contributed by atoms with E-state index in [1.807, 2.05) is 0 Å². The molecule has 0 saturated heterocycles. The third-order valence-corrected chi connectivity index (χ3v) is 4.10. The van der Waals surface area contributed by atoms with Gasteiger partial charge < -0.3 is 4.90 Å². The minimum absolute atomic E-state index is 0.446. The number of benzene rings is 1. The molecule has 1 aromatic carbocycles. The summed E-state index contributed by atoms with van der Waals surface area (Å²) in [6, 6.07) is 6.90. The van der Waals surface area contributed by atoms with E-state index < -0.39 is 0 Å². The highest BCUT2D eigenvalue weighted by Gasteiger charge is 2.09. The highest BCUT2D eigenvalue weighted by atomic mass is 15.1. The van der Waals surface area contributed by atoms with Crippen molar-refractivity contribution in [3.8, 4) is 0 Å². The van der Waals surface area contributed by atoms with E-state index in [2.05, 4.69) is 87.2 Å². The highest BCUT2D eigenvalue weighted by Crippen LogP contribution is 2.23. The first-order valence-corrected chi connectivity index (χ1v) is 7.64. The van der Waals surface area contributed by atoms with Crippen LogP contribution in [0.1, 0.15) is 30.0 Å². The molecule has 21 heavy (non-hydrogen) atoms. The van der Waals surface area contributed by atoms with Crippen molar-refractivity contribution in [2.75, 3.05) is 7.05 Å². The van der Waals surface area contributed by atoms with Crippen molar-refractivity contribution in [2.24, 2.45) is 0 Å². The van der Waals surface area contributed by atoms with E-state index in [1.54, 1.807) is 0 Å². The largest absolute Gasteiger partial charge is 0.374 e. The van der Waals surface area contributed by atoms with Crippen LogP contribution in [0.4, 0.5) is 0 Å². The minimum atomic E-state index is 0.446. The van der Waals surface area contributed by atoms with Crippen LogP contribution in [0.25, 0.3) is 5.57 Å². The molecule has 2 rings (SSSR count). The summed E-state index contributed by atoms with van der Waals surface area (Å²) in [6.45, 7) is 8.62. The number of aryl methyl sites for hydroxylation is 1. The second-order valence-corrected chi connectivity index (χ2v) is 5.58. The first-order valence-electron chi connectivity index (χ1n) is 7.64. The monoisotopic (exact) mass is 279 g/mol. The molecule has 0 radical (unpaired) electrons. The Bertz CT molecular complexity index is 590. The molecule has 0 amide bonds. The lowest BCUT2D eigenvalue weighted by Crippen LogP contribution is -2.25. The summed E-state index contributed by atoms with van der Waals surface area (Å²) in [7, 11) is 2.12. The second-order valence-electron chi connectivity index (χ2n) is 5.58. The van der Waals surface area contributed by atoms with Gasteiger partial charge in [-0.3, -0.25) is 0 Å². The van der Waals surface area contributed by atoms with Crippen molar-refractivity contribution in [1.82, 2.24) is 4.90 Å². The maximum absolute atomic E-state index is 4.25. The molecule has 0 spiro atoms. The fourth-order valence-electron chi connectivity index (χ4n) is 2.75. The van der Waals surface area contributed by atoms with E-state index in [0.29, 0.717) is 6.04 Å². The Morgan fingerprint density at radius 2 is 2.19 bits per heavy atom. The van der Waals surface area contributed by atoms with Gasteiger partial charge in [-0.1, -0.05) is 56.0 Å². The quantitative estimate of drug-likeness (QED) is 0.693. The lowest BCUT2D eigenvalue weighted by atomic mass is 9.95. The molecular formula is C20H25N. The maximum atomic E-state index is 4.25. The van der Waals surface area contributed by atoms with Crippen LogP contribution >= 0.6 is 0 Å². The van der Waals surface area contributed by atoms with Gasteiger partial charge in [-0.25, -0.2) is 0 Å². The van der Waals surface area contributed by atoms with Crippen LogP contribution in [0.3, 0.4) is 0 Å². The van der Waals surface area contributed by atoms with Gasteiger partial charge in [-0.05, 0) is 54.3 Å². The number of hydrogen-bond donors (Lipinski definition) is 0. The van der Waals surface area contributed by atoms with Gasteiger partial charge >= 0.3 is 0 Å². The van der Waals surface area contributed by atoms with Gasteiger partial charge in [0.05, 0.1) is 6.04 Å². The van der Waals surface area contributed by atoms with Crippen LogP contribution in [0, 0.1) is 6.92 Å². The molecule has 1 atom stereocenters. The van der Waals surface area contributed by atoms with Crippen LogP contribution in [-0.2, 0) is 6.42 Å². The predicted octanol–water partition coefficient (Wildman–Crippen LogP) is 4.90. The maximum Gasteiger partial charge on any atom is 0.0501 e. The summed E-state index contributed by atoms with van der Waals surface area (Å²) in [6.07, 6.45) is 15.0. The molecular weight excluding hydrogens is 254 g/mol. The molecule has 0 fully saturated rings. The zero-order valence-corrected chi connectivity index (χ0v) is 13.3. The Morgan fingerprint density at radius 3 is 2.86 bits per heavy atom. The molecule has 1 heteroatoms. The van der Waals surface area contributed by atoms with Gasteiger partial charge in [-0.15, -0.1) is 0 Å². The summed E-state index contributed by atoms with van der Waals surface area (Å²) in [4.78, 5) is 2.24. The number of likely N-dealkylation sites (N-methyl/N-ethyl adjacent to an activating group) is 1. The summed E-state index contributed by atoms with van der Waals surface area (Å²) >= 11 is 0. The van der Waals surface area contributed by atoms with E-state index in [4.69, 9.17) is 0 Å². The predicted molar refractivity (Wildman–Crippen MR) is 93.2 cm³/mol. The Kier molecular flexibility index (Phi) is 5.21. The van der Waals surface area contributed by atoms with Gasteiger partial charge in [0.2, 0.25) is 0 Å². The van der Waals surface area contributed by atoms with Crippen molar-refractivity contribution >= 4 is 5.57 Å². The Hall–Kier alpha value is -2.02. The van der Waals surface area contributed by atoms with Crippen molar-refractivity contribution in [2.45, 2.75) is 32.7 Å². The van der Waals surface area contributed by atoms with Crippen molar-refractivity contribution in [1.29, 1.82) is 0 Å². The first-order chi connectivity index (χ1) is 10.1. The summed E-state index contributed by atoms with van der Waals surface area (Å²) in [5.41, 5.74) is 5.09. The van der Waals surface area contributed by atoms with Gasteiger partial charge in [0.25, 0.3) is 0 Å². The number of nitrogens with zero attached hydrogens (tertiary/aromatic N) is 1. The fraction of sp³-hybridized carbons (Fsp3) is 0.300. The number of allylic oxidation sites excluding steroid dienone is 4. The molecule has 1 aliphatic carbocycles. The smallest absolute Gasteiger partial charge is 0.0501 e. The molecule has 1 aromatic rings. The lowest BCUT2D eigenvalue weighted by Gasteiger charge is -2.24. The van der Waals surface area contributed by atoms with E-state index in [0.717, 1.165) is 18.4 Å². The third kappa shape index (κ3) is 3.75. The van der Waals surface area contributed by atoms with Crippen LogP contribution < -0.4 is 0 Å². The van der Waals surface area contributed by atoms with Gasteiger partial charge in [0.1, 0.15) is 0 Å².